The van der Waals surface area contributed by atoms with E-state index in [-0.39, 0.29) is 12.4 Å². The molecule has 0 bridgehead atoms. The zero-order valence-corrected chi connectivity index (χ0v) is 16.1. The number of carbonyl (C=O) groups excluding carboxylic acids is 1. The van der Waals surface area contributed by atoms with Crippen LogP contribution in [-0.4, -0.2) is 63.5 Å². The van der Waals surface area contributed by atoms with Gasteiger partial charge in [-0.2, -0.15) is 5.43 Å². The van der Waals surface area contributed by atoms with E-state index in [9.17, 15) is 4.79 Å². The summed E-state index contributed by atoms with van der Waals surface area (Å²) in [4.78, 5) is 12.3. The van der Waals surface area contributed by atoms with E-state index < -0.39 is 5.97 Å². The molecule has 0 aliphatic rings. The minimum absolute atomic E-state index is 0.229. The first-order valence-corrected chi connectivity index (χ1v) is 8.53. The molecule has 0 aromatic heterocycles. The molecule has 0 radical (unpaired) electrons. The summed E-state index contributed by atoms with van der Waals surface area (Å²) in [5.41, 5.74) is 6.31. The fourth-order valence-electron chi connectivity index (χ4n) is 1.92. The summed E-state index contributed by atoms with van der Waals surface area (Å²) in [6.07, 6.45) is 0. The molecule has 1 aromatic carbocycles. The molecule has 0 amide bonds. The Bertz CT molecular complexity index is 587. The Morgan fingerprint density at radius 1 is 1.16 bits per heavy atom. The lowest BCUT2D eigenvalue weighted by atomic mass is 10.3. The molecule has 0 atom stereocenters. The zero-order valence-electron chi connectivity index (χ0n) is 14.6. The topological polar surface area (TPSA) is 71.8 Å². The van der Waals surface area contributed by atoms with Crippen molar-refractivity contribution in [3.05, 3.63) is 28.2 Å². The number of anilines is 1. The van der Waals surface area contributed by atoms with E-state index in [1.165, 1.54) is 0 Å². The van der Waals surface area contributed by atoms with Gasteiger partial charge in [0.05, 0.1) is 30.5 Å². The molecule has 0 spiro atoms. The number of nitrogens with zero attached hydrogens (tertiary/aromatic N) is 1. The molecular weight excluding hydrogens is 369 g/mol. The third-order valence-corrected chi connectivity index (χ3v) is 3.72. The molecule has 0 heterocycles. The second kappa shape index (κ2) is 11.9. The number of benzene rings is 1. The van der Waals surface area contributed by atoms with Gasteiger partial charge in [-0.25, -0.2) is 14.8 Å². The number of carbonyl (C=O) groups is 1. The van der Waals surface area contributed by atoms with Crippen LogP contribution in [0.4, 0.5) is 5.69 Å². The van der Waals surface area contributed by atoms with Gasteiger partial charge in [0, 0.05) is 19.2 Å². The van der Waals surface area contributed by atoms with E-state index in [0.717, 1.165) is 0 Å². The van der Waals surface area contributed by atoms with E-state index in [2.05, 4.69) is 10.9 Å². The van der Waals surface area contributed by atoms with Gasteiger partial charge in [-0.05, 0) is 25.1 Å². The highest BCUT2D eigenvalue weighted by Gasteiger charge is 2.25. The van der Waals surface area contributed by atoms with Crippen LogP contribution < -0.4 is 10.9 Å². The molecule has 7 nitrogen and oxygen atoms in total. The van der Waals surface area contributed by atoms with Crippen LogP contribution in [0.3, 0.4) is 0 Å². The Balaban J connectivity index is 3.04. The van der Waals surface area contributed by atoms with Crippen LogP contribution in [0.25, 0.3) is 0 Å². The number of esters is 1. The normalized spacial score (nSPS) is 10.3. The highest BCUT2D eigenvalue weighted by molar-refractivity contribution is 6.36. The van der Waals surface area contributed by atoms with Crippen LogP contribution in [0.1, 0.15) is 6.92 Å². The van der Waals surface area contributed by atoms with Crippen LogP contribution in [0.2, 0.25) is 10.0 Å². The maximum absolute atomic E-state index is 12.3. The van der Waals surface area contributed by atoms with Crippen molar-refractivity contribution in [1.29, 1.82) is 0 Å². The Labute approximate surface area is 157 Å². The van der Waals surface area contributed by atoms with E-state index in [1.807, 2.05) is 0 Å². The number of nitrogens with one attached hydrogen (secondary N) is 2. The quantitative estimate of drug-likeness (QED) is 0.220. The fourth-order valence-corrected chi connectivity index (χ4v) is 2.25. The van der Waals surface area contributed by atoms with E-state index in [0.29, 0.717) is 42.0 Å². The Hall–Kier alpha value is -1.54. The van der Waals surface area contributed by atoms with Gasteiger partial charge in [-0.15, -0.1) is 0 Å². The summed E-state index contributed by atoms with van der Waals surface area (Å²) in [5, 5.41) is 0.974. The van der Waals surface area contributed by atoms with Crippen LogP contribution in [-0.2, 0) is 19.0 Å². The van der Waals surface area contributed by atoms with Gasteiger partial charge in [-0.1, -0.05) is 23.2 Å². The number of hydrogen-bond acceptors (Lipinski definition) is 5. The highest BCUT2D eigenvalue weighted by atomic mass is 35.5. The third kappa shape index (κ3) is 7.48. The van der Waals surface area contributed by atoms with Gasteiger partial charge < -0.3 is 14.2 Å². The van der Waals surface area contributed by atoms with E-state index in [1.54, 1.807) is 43.9 Å². The number of hydrogen-bond donors (Lipinski definition) is 2. The van der Waals surface area contributed by atoms with Crippen molar-refractivity contribution >= 4 is 40.7 Å². The van der Waals surface area contributed by atoms with Crippen molar-refractivity contribution < 1.29 is 23.6 Å². The summed E-state index contributed by atoms with van der Waals surface area (Å²) in [6, 6.07) is 4.98. The minimum Gasteiger partial charge on any atom is -0.457 e. The SMILES string of the molecule is CCOC(=O)C(NNc1cc(Cl)ccc1Cl)=[N+](CCOC)CCOC. The molecule has 1 aromatic rings. The van der Waals surface area contributed by atoms with Crippen LogP contribution >= 0.6 is 23.2 Å². The summed E-state index contributed by atoms with van der Waals surface area (Å²) >= 11 is 12.1. The van der Waals surface area contributed by atoms with Crippen molar-refractivity contribution in [3.63, 3.8) is 0 Å². The van der Waals surface area contributed by atoms with E-state index >= 15 is 0 Å². The molecule has 0 saturated heterocycles. The van der Waals surface area contributed by atoms with Gasteiger partial charge in [0.25, 0.3) is 0 Å². The van der Waals surface area contributed by atoms with Gasteiger partial charge in [0.2, 0.25) is 0 Å². The lowest BCUT2D eigenvalue weighted by molar-refractivity contribution is -0.534. The Morgan fingerprint density at radius 2 is 1.80 bits per heavy atom. The average molecular weight is 393 g/mol. The monoisotopic (exact) mass is 392 g/mol. The van der Waals surface area contributed by atoms with Crippen molar-refractivity contribution in [1.82, 2.24) is 5.43 Å². The molecular formula is C16H24Cl2N3O4+. The number of halogens is 2. The number of methoxy groups -OCH3 is 2. The first-order chi connectivity index (χ1) is 12.0. The second-order valence-corrected chi connectivity index (χ2v) is 5.76. The first kappa shape index (κ1) is 21.5. The molecule has 0 saturated carbocycles. The molecule has 140 valence electrons. The standard InChI is InChI=1S/C16H23Cl2N3O4/c1-4-25-16(22)15(21(7-9-23-2)8-10-24-3)20-19-14-11-12(17)5-6-13(14)18/h5-6,11H,4,7-10H2,1-3H3,(H,19,22)/p+1. The smallest absolute Gasteiger partial charge is 0.423 e. The maximum atomic E-state index is 12.3. The molecule has 0 unspecified atom stereocenters. The first-order valence-electron chi connectivity index (χ1n) is 7.77. The summed E-state index contributed by atoms with van der Waals surface area (Å²) in [7, 11) is 3.19. The van der Waals surface area contributed by atoms with E-state index in [4.69, 9.17) is 37.4 Å². The average Bonchev–Trinajstić information content (AvgIpc) is 2.59. The summed E-state index contributed by atoms with van der Waals surface area (Å²) < 4.78 is 17.1. The molecule has 0 aliphatic heterocycles. The van der Waals surface area contributed by atoms with Crippen LogP contribution in [0.15, 0.2) is 18.2 Å². The van der Waals surface area contributed by atoms with Crippen LogP contribution in [0.5, 0.6) is 0 Å². The van der Waals surface area contributed by atoms with Gasteiger partial charge in [-0.3, -0.25) is 0 Å². The van der Waals surface area contributed by atoms with Gasteiger partial charge >= 0.3 is 11.8 Å². The van der Waals surface area contributed by atoms with Crippen molar-refractivity contribution in [2.45, 2.75) is 6.92 Å². The van der Waals surface area contributed by atoms with Gasteiger partial charge in [0.1, 0.15) is 13.1 Å². The lowest BCUT2D eigenvalue weighted by Crippen LogP contribution is -2.45. The van der Waals surface area contributed by atoms with Crippen molar-refractivity contribution in [3.8, 4) is 0 Å². The number of hydrazine groups is 1. The lowest BCUT2D eigenvalue weighted by Gasteiger charge is -2.13. The highest BCUT2D eigenvalue weighted by Crippen LogP contribution is 2.24. The second-order valence-electron chi connectivity index (χ2n) is 4.92. The zero-order chi connectivity index (χ0) is 18.7. The number of rotatable bonds is 9. The molecule has 2 N–H and O–H groups in total. The third-order valence-electron chi connectivity index (χ3n) is 3.16. The summed E-state index contributed by atoms with van der Waals surface area (Å²) in [6.45, 7) is 3.83. The number of ether oxygens (including phenoxy) is 3. The Kier molecular flexibility index (Phi) is 10.3. The minimum atomic E-state index is -0.500. The molecule has 0 fully saturated rings. The molecule has 0 aliphatic carbocycles. The van der Waals surface area contributed by atoms with Crippen LogP contribution in [0, 0.1) is 0 Å². The maximum Gasteiger partial charge on any atom is 0.423 e. The summed E-state index contributed by atoms with van der Waals surface area (Å²) in [5.74, 6) is -0.271. The largest absolute Gasteiger partial charge is 0.457 e. The predicted octanol–water partition coefficient (Wildman–Crippen LogP) is 2.18. The van der Waals surface area contributed by atoms with Crippen molar-refractivity contribution in [2.75, 3.05) is 52.6 Å². The number of amidine groups is 1. The molecule has 1 rings (SSSR count). The Morgan fingerprint density at radius 3 is 2.36 bits per heavy atom. The predicted molar refractivity (Wildman–Crippen MR) is 98.6 cm³/mol. The molecule has 25 heavy (non-hydrogen) atoms. The van der Waals surface area contributed by atoms with Gasteiger partial charge in [0.15, 0.2) is 0 Å². The fraction of sp³-hybridized carbons (Fsp3) is 0.500. The van der Waals surface area contributed by atoms with Crippen molar-refractivity contribution in [2.24, 2.45) is 0 Å². The molecule has 9 heteroatoms.